The highest BCUT2D eigenvalue weighted by atomic mass is 15.0. The van der Waals surface area contributed by atoms with E-state index >= 15 is 0 Å². The topological polar surface area (TPSA) is 12.0 Å². The summed E-state index contributed by atoms with van der Waals surface area (Å²) in [5.41, 5.74) is 1.99. The van der Waals surface area contributed by atoms with Crippen molar-refractivity contribution in [1.29, 1.82) is 0 Å². The van der Waals surface area contributed by atoms with Crippen molar-refractivity contribution in [3.63, 3.8) is 0 Å². The van der Waals surface area contributed by atoms with E-state index in [1.54, 1.807) is 0 Å². The van der Waals surface area contributed by atoms with Crippen molar-refractivity contribution in [2.75, 3.05) is 6.54 Å². The van der Waals surface area contributed by atoms with Crippen LogP contribution in [0.1, 0.15) is 52.0 Å². The summed E-state index contributed by atoms with van der Waals surface area (Å²) < 4.78 is 0. The molecule has 0 aliphatic carbocycles. The lowest BCUT2D eigenvalue weighted by atomic mass is 9.70. The van der Waals surface area contributed by atoms with E-state index in [0.29, 0.717) is 11.5 Å². The Hall–Kier alpha value is -0.820. The molecule has 1 fully saturated rings. The fourth-order valence-electron chi connectivity index (χ4n) is 3.67. The summed E-state index contributed by atoms with van der Waals surface area (Å²) in [5, 5.41) is 3.78. The first-order valence-electron chi connectivity index (χ1n) is 7.97. The van der Waals surface area contributed by atoms with E-state index in [2.05, 4.69) is 56.4 Å². The zero-order chi connectivity index (χ0) is 13.7. The normalized spacial score (nSPS) is 28.5. The van der Waals surface area contributed by atoms with Gasteiger partial charge >= 0.3 is 0 Å². The van der Waals surface area contributed by atoms with Gasteiger partial charge in [-0.05, 0) is 49.1 Å². The predicted molar refractivity (Wildman–Crippen MR) is 83.3 cm³/mol. The minimum absolute atomic E-state index is 0.519. The average Bonchev–Trinajstić information content (AvgIpc) is 2.83. The molecular weight excluding hydrogens is 230 g/mol. The highest BCUT2D eigenvalue weighted by Gasteiger charge is 2.41. The SMILES string of the molecule is CCC(C)CC1(CC)CCNC1Cc1ccccc1. The minimum atomic E-state index is 0.519. The predicted octanol–water partition coefficient (Wildman–Crippen LogP) is 4.42. The van der Waals surface area contributed by atoms with E-state index in [0.717, 1.165) is 5.92 Å². The maximum atomic E-state index is 3.78. The van der Waals surface area contributed by atoms with Crippen LogP contribution in [0.5, 0.6) is 0 Å². The van der Waals surface area contributed by atoms with Crippen molar-refractivity contribution in [2.45, 2.75) is 58.9 Å². The van der Waals surface area contributed by atoms with E-state index in [1.165, 1.54) is 44.2 Å². The quantitative estimate of drug-likeness (QED) is 0.797. The summed E-state index contributed by atoms with van der Waals surface area (Å²) in [7, 11) is 0. The Bertz CT molecular complexity index is 373. The smallest absolute Gasteiger partial charge is 0.0164 e. The number of nitrogens with one attached hydrogen (secondary N) is 1. The molecular formula is C18H29N. The molecule has 1 N–H and O–H groups in total. The van der Waals surface area contributed by atoms with Gasteiger partial charge in [0.05, 0.1) is 0 Å². The summed E-state index contributed by atoms with van der Waals surface area (Å²) in [6.07, 6.45) is 6.53. The molecule has 1 aliphatic heterocycles. The van der Waals surface area contributed by atoms with Gasteiger partial charge in [-0.2, -0.15) is 0 Å². The van der Waals surface area contributed by atoms with Gasteiger partial charge in [0.15, 0.2) is 0 Å². The lowest BCUT2D eigenvalue weighted by Gasteiger charge is -2.36. The third kappa shape index (κ3) is 3.39. The summed E-state index contributed by atoms with van der Waals surface area (Å²) in [4.78, 5) is 0. The molecule has 1 saturated heterocycles. The van der Waals surface area contributed by atoms with Gasteiger partial charge in [-0.15, -0.1) is 0 Å². The minimum Gasteiger partial charge on any atom is -0.313 e. The van der Waals surface area contributed by atoms with Crippen molar-refractivity contribution in [1.82, 2.24) is 5.32 Å². The molecule has 1 nitrogen and oxygen atoms in total. The summed E-state index contributed by atoms with van der Waals surface area (Å²) in [5.74, 6) is 0.845. The molecule has 0 saturated carbocycles. The Morgan fingerprint density at radius 1 is 1.26 bits per heavy atom. The first-order chi connectivity index (χ1) is 9.20. The fourth-order valence-corrected chi connectivity index (χ4v) is 3.67. The molecule has 3 unspecified atom stereocenters. The molecule has 1 heteroatoms. The Morgan fingerprint density at radius 2 is 2.00 bits per heavy atom. The molecule has 0 spiro atoms. The molecule has 0 aromatic heterocycles. The molecule has 1 aliphatic rings. The van der Waals surface area contributed by atoms with Crippen molar-refractivity contribution in [3.8, 4) is 0 Å². The molecule has 0 bridgehead atoms. The lowest BCUT2D eigenvalue weighted by Crippen LogP contribution is -2.39. The van der Waals surface area contributed by atoms with Crippen molar-refractivity contribution in [2.24, 2.45) is 11.3 Å². The van der Waals surface area contributed by atoms with Gasteiger partial charge in [0.25, 0.3) is 0 Å². The Balaban J connectivity index is 2.09. The molecule has 0 amide bonds. The molecule has 106 valence electrons. The molecule has 1 aromatic carbocycles. The van der Waals surface area contributed by atoms with Crippen LogP contribution in [0, 0.1) is 11.3 Å². The van der Waals surface area contributed by atoms with Crippen LogP contribution in [0.15, 0.2) is 30.3 Å². The van der Waals surface area contributed by atoms with Crippen molar-refractivity contribution in [3.05, 3.63) is 35.9 Å². The number of hydrogen-bond acceptors (Lipinski definition) is 1. The first-order valence-corrected chi connectivity index (χ1v) is 7.97. The summed E-state index contributed by atoms with van der Waals surface area (Å²) >= 11 is 0. The van der Waals surface area contributed by atoms with E-state index in [1.807, 2.05) is 0 Å². The van der Waals surface area contributed by atoms with Crippen LogP contribution in [0.4, 0.5) is 0 Å². The average molecular weight is 259 g/mol. The van der Waals surface area contributed by atoms with Crippen LogP contribution in [0.2, 0.25) is 0 Å². The summed E-state index contributed by atoms with van der Waals surface area (Å²) in [6.45, 7) is 8.31. The Labute approximate surface area is 118 Å². The molecule has 1 heterocycles. The third-order valence-electron chi connectivity index (χ3n) is 5.19. The summed E-state index contributed by atoms with van der Waals surface area (Å²) in [6, 6.07) is 11.6. The van der Waals surface area contributed by atoms with E-state index in [-0.39, 0.29) is 0 Å². The zero-order valence-electron chi connectivity index (χ0n) is 12.8. The van der Waals surface area contributed by atoms with Crippen LogP contribution in [0.25, 0.3) is 0 Å². The van der Waals surface area contributed by atoms with Gasteiger partial charge in [-0.3, -0.25) is 0 Å². The highest BCUT2D eigenvalue weighted by Crippen LogP contribution is 2.42. The fraction of sp³-hybridized carbons (Fsp3) is 0.667. The third-order valence-corrected chi connectivity index (χ3v) is 5.19. The number of hydrogen-bond donors (Lipinski definition) is 1. The Morgan fingerprint density at radius 3 is 2.63 bits per heavy atom. The van der Waals surface area contributed by atoms with Gasteiger partial charge < -0.3 is 5.32 Å². The van der Waals surface area contributed by atoms with Gasteiger partial charge in [0.2, 0.25) is 0 Å². The van der Waals surface area contributed by atoms with E-state index < -0.39 is 0 Å². The van der Waals surface area contributed by atoms with Crippen LogP contribution >= 0.6 is 0 Å². The molecule has 1 aromatic rings. The highest BCUT2D eigenvalue weighted by molar-refractivity contribution is 5.17. The van der Waals surface area contributed by atoms with Crippen molar-refractivity contribution >= 4 is 0 Å². The van der Waals surface area contributed by atoms with Crippen LogP contribution in [-0.2, 0) is 6.42 Å². The molecule has 2 rings (SSSR count). The van der Waals surface area contributed by atoms with Gasteiger partial charge in [-0.25, -0.2) is 0 Å². The second-order valence-electron chi connectivity index (χ2n) is 6.38. The van der Waals surface area contributed by atoms with Gasteiger partial charge in [-0.1, -0.05) is 57.5 Å². The zero-order valence-corrected chi connectivity index (χ0v) is 12.8. The van der Waals surface area contributed by atoms with Crippen LogP contribution in [-0.4, -0.2) is 12.6 Å². The molecule has 3 atom stereocenters. The van der Waals surface area contributed by atoms with Crippen LogP contribution < -0.4 is 5.32 Å². The maximum Gasteiger partial charge on any atom is 0.0164 e. The number of rotatable bonds is 6. The second kappa shape index (κ2) is 6.56. The Kier molecular flexibility index (Phi) is 5.04. The first kappa shape index (κ1) is 14.6. The standard InChI is InChI=1S/C18H29N/c1-4-15(3)14-18(5-2)11-12-19-17(18)13-16-9-7-6-8-10-16/h6-10,15,17,19H,4-5,11-14H2,1-3H3. The molecule has 19 heavy (non-hydrogen) atoms. The van der Waals surface area contributed by atoms with E-state index in [9.17, 15) is 0 Å². The van der Waals surface area contributed by atoms with E-state index in [4.69, 9.17) is 0 Å². The largest absolute Gasteiger partial charge is 0.313 e. The number of benzene rings is 1. The molecule has 0 radical (unpaired) electrons. The van der Waals surface area contributed by atoms with Crippen molar-refractivity contribution < 1.29 is 0 Å². The lowest BCUT2D eigenvalue weighted by molar-refractivity contribution is 0.179. The van der Waals surface area contributed by atoms with Gasteiger partial charge in [0, 0.05) is 6.04 Å². The van der Waals surface area contributed by atoms with Gasteiger partial charge in [0.1, 0.15) is 0 Å². The second-order valence-corrected chi connectivity index (χ2v) is 6.38. The monoisotopic (exact) mass is 259 g/mol. The maximum absolute atomic E-state index is 3.78. The van der Waals surface area contributed by atoms with Crippen LogP contribution in [0.3, 0.4) is 0 Å².